The van der Waals surface area contributed by atoms with Crippen LogP contribution in [-0.2, 0) is 9.53 Å². The number of rotatable bonds is 5. The van der Waals surface area contributed by atoms with E-state index in [9.17, 15) is 4.79 Å². The molecule has 0 heterocycles. The molecule has 1 rings (SSSR count). The van der Waals surface area contributed by atoms with Crippen LogP contribution in [0, 0.1) is 11.8 Å². The lowest BCUT2D eigenvalue weighted by Crippen LogP contribution is -2.43. The third kappa shape index (κ3) is 4.12. The van der Waals surface area contributed by atoms with E-state index in [1.807, 2.05) is 0 Å². The lowest BCUT2D eigenvalue weighted by atomic mass is 9.79. The van der Waals surface area contributed by atoms with Gasteiger partial charge in [0.1, 0.15) is 0 Å². The summed E-state index contributed by atoms with van der Waals surface area (Å²) in [4.78, 5) is 10.9. The summed E-state index contributed by atoms with van der Waals surface area (Å²) < 4.78 is 4.62. The van der Waals surface area contributed by atoms with E-state index in [1.54, 1.807) is 0 Å². The molecule has 1 aliphatic rings. The van der Waals surface area contributed by atoms with Crippen molar-refractivity contribution in [3.8, 4) is 0 Å². The Morgan fingerprint density at radius 3 is 2.50 bits per heavy atom. The molecular formula is C13H25NO2. The number of hydrogen-bond acceptors (Lipinski definition) is 3. The van der Waals surface area contributed by atoms with E-state index in [-0.39, 0.29) is 5.97 Å². The summed E-state index contributed by atoms with van der Waals surface area (Å²) in [5.74, 6) is 1.43. The van der Waals surface area contributed by atoms with Crippen LogP contribution in [0.3, 0.4) is 0 Å². The van der Waals surface area contributed by atoms with Crippen LogP contribution in [-0.4, -0.2) is 25.7 Å². The lowest BCUT2D eigenvalue weighted by Gasteiger charge is -2.35. The Labute approximate surface area is 98.9 Å². The van der Waals surface area contributed by atoms with Crippen LogP contribution in [0.1, 0.15) is 46.0 Å². The van der Waals surface area contributed by atoms with Gasteiger partial charge >= 0.3 is 5.97 Å². The van der Waals surface area contributed by atoms with Gasteiger partial charge in [-0.2, -0.15) is 0 Å². The second-order valence-corrected chi connectivity index (χ2v) is 5.05. The molecule has 94 valence electrons. The Bertz CT molecular complexity index is 208. The first-order chi connectivity index (χ1) is 7.65. The molecule has 3 heteroatoms. The van der Waals surface area contributed by atoms with E-state index >= 15 is 0 Å². The average Bonchev–Trinajstić information content (AvgIpc) is 2.27. The van der Waals surface area contributed by atoms with Crippen molar-refractivity contribution in [2.75, 3.05) is 13.7 Å². The summed E-state index contributed by atoms with van der Waals surface area (Å²) in [5.41, 5.74) is 0. The number of ether oxygens (including phenoxy) is 1. The molecule has 0 saturated heterocycles. The molecule has 3 nitrogen and oxygen atoms in total. The van der Waals surface area contributed by atoms with Crippen LogP contribution in [0.5, 0.6) is 0 Å². The van der Waals surface area contributed by atoms with Crippen molar-refractivity contribution >= 4 is 5.97 Å². The minimum Gasteiger partial charge on any atom is -0.469 e. The van der Waals surface area contributed by atoms with Crippen molar-refractivity contribution in [3.63, 3.8) is 0 Å². The highest BCUT2D eigenvalue weighted by atomic mass is 16.5. The van der Waals surface area contributed by atoms with Gasteiger partial charge in [-0.25, -0.2) is 0 Å². The number of carbonyl (C=O) groups excluding carboxylic acids is 1. The Morgan fingerprint density at radius 2 is 1.94 bits per heavy atom. The number of esters is 1. The molecule has 1 aliphatic carbocycles. The van der Waals surface area contributed by atoms with E-state index in [1.165, 1.54) is 26.4 Å². The average molecular weight is 227 g/mol. The van der Waals surface area contributed by atoms with E-state index in [0.717, 1.165) is 24.8 Å². The monoisotopic (exact) mass is 227 g/mol. The first kappa shape index (κ1) is 13.5. The maximum atomic E-state index is 10.9. The Kier molecular flexibility index (Phi) is 5.81. The lowest BCUT2D eigenvalue weighted by molar-refractivity contribution is -0.140. The fourth-order valence-corrected chi connectivity index (χ4v) is 2.69. The molecule has 0 spiro atoms. The second-order valence-electron chi connectivity index (χ2n) is 5.05. The standard InChI is InChI=1S/C13H25NO2/c1-10-6-4-7-11(2)13(10)14-9-5-8-12(15)16-3/h10-11,13-14H,4-9H2,1-3H3. The van der Waals surface area contributed by atoms with Crippen molar-refractivity contribution in [2.45, 2.75) is 52.0 Å². The van der Waals surface area contributed by atoms with Crippen LogP contribution >= 0.6 is 0 Å². The Balaban J connectivity index is 2.17. The van der Waals surface area contributed by atoms with Crippen molar-refractivity contribution in [2.24, 2.45) is 11.8 Å². The van der Waals surface area contributed by atoms with Gasteiger partial charge in [0.05, 0.1) is 7.11 Å². The zero-order valence-corrected chi connectivity index (χ0v) is 10.8. The summed E-state index contributed by atoms with van der Waals surface area (Å²) in [7, 11) is 1.45. The third-order valence-corrected chi connectivity index (χ3v) is 3.71. The molecule has 1 saturated carbocycles. The van der Waals surface area contributed by atoms with Crippen LogP contribution in [0.25, 0.3) is 0 Å². The zero-order valence-electron chi connectivity index (χ0n) is 10.8. The topological polar surface area (TPSA) is 38.3 Å². The van der Waals surface area contributed by atoms with Gasteiger partial charge in [0.15, 0.2) is 0 Å². The molecule has 0 amide bonds. The fraction of sp³-hybridized carbons (Fsp3) is 0.923. The molecule has 2 atom stereocenters. The minimum absolute atomic E-state index is 0.105. The molecule has 0 aromatic rings. The maximum Gasteiger partial charge on any atom is 0.305 e. The number of nitrogens with one attached hydrogen (secondary N) is 1. The molecule has 1 fully saturated rings. The first-order valence-corrected chi connectivity index (χ1v) is 6.45. The highest BCUT2D eigenvalue weighted by Gasteiger charge is 2.26. The number of hydrogen-bond donors (Lipinski definition) is 1. The Morgan fingerprint density at radius 1 is 1.31 bits per heavy atom. The quantitative estimate of drug-likeness (QED) is 0.579. The third-order valence-electron chi connectivity index (χ3n) is 3.71. The van der Waals surface area contributed by atoms with Crippen molar-refractivity contribution in [3.05, 3.63) is 0 Å². The summed E-state index contributed by atoms with van der Waals surface area (Å²) >= 11 is 0. The van der Waals surface area contributed by atoms with E-state index in [2.05, 4.69) is 23.9 Å². The largest absolute Gasteiger partial charge is 0.469 e. The number of carbonyl (C=O) groups is 1. The van der Waals surface area contributed by atoms with Gasteiger partial charge in [-0.05, 0) is 37.6 Å². The van der Waals surface area contributed by atoms with Crippen LogP contribution < -0.4 is 5.32 Å². The van der Waals surface area contributed by atoms with Gasteiger partial charge in [-0.1, -0.05) is 20.3 Å². The smallest absolute Gasteiger partial charge is 0.305 e. The molecule has 0 aromatic carbocycles. The molecule has 16 heavy (non-hydrogen) atoms. The van der Waals surface area contributed by atoms with Crippen LogP contribution in [0.2, 0.25) is 0 Å². The van der Waals surface area contributed by atoms with Gasteiger partial charge in [0, 0.05) is 12.5 Å². The summed E-state index contributed by atoms with van der Waals surface area (Å²) in [5, 5.41) is 3.59. The molecule has 0 radical (unpaired) electrons. The van der Waals surface area contributed by atoms with Crippen molar-refractivity contribution in [1.82, 2.24) is 5.32 Å². The van der Waals surface area contributed by atoms with Gasteiger partial charge in [0.2, 0.25) is 0 Å². The van der Waals surface area contributed by atoms with Gasteiger partial charge in [-0.3, -0.25) is 4.79 Å². The van der Waals surface area contributed by atoms with E-state index < -0.39 is 0 Å². The highest BCUT2D eigenvalue weighted by Crippen LogP contribution is 2.28. The minimum atomic E-state index is -0.105. The normalized spacial score (nSPS) is 30.1. The molecule has 2 unspecified atom stereocenters. The second kappa shape index (κ2) is 6.89. The molecular weight excluding hydrogens is 202 g/mol. The van der Waals surface area contributed by atoms with Crippen molar-refractivity contribution < 1.29 is 9.53 Å². The highest BCUT2D eigenvalue weighted by molar-refractivity contribution is 5.69. The molecule has 1 N–H and O–H groups in total. The molecule has 0 aromatic heterocycles. The number of methoxy groups -OCH3 is 1. The first-order valence-electron chi connectivity index (χ1n) is 6.45. The summed E-state index contributed by atoms with van der Waals surface area (Å²) in [6, 6.07) is 0.631. The van der Waals surface area contributed by atoms with Crippen LogP contribution in [0.15, 0.2) is 0 Å². The van der Waals surface area contributed by atoms with E-state index in [0.29, 0.717) is 12.5 Å². The van der Waals surface area contributed by atoms with Gasteiger partial charge in [-0.15, -0.1) is 0 Å². The summed E-state index contributed by atoms with van der Waals surface area (Å²) in [6.07, 6.45) is 5.43. The summed E-state index contributed by atoms with van der Waals surface area (Å²) in [6.45, 7) is 5.58. The fourth-order valence-electron chi connectivity index (χ4n) is 2.69. The molecule has 0 aliphatic heterocycles. The maximum absolute atomic E-state index is 10.9. The zero-order chi connectivity index (χ0) is 12.0. The van der Waals surface area contributed by atoms with Crippen LogP contribution in [0.4, 0.5) is 0 Å². The predicted octanol–water partition coefficient (Wildman–Crippen LogP) is 2.35. The SMILES string of the molecule is COC(=O)CCCNC1C(C)CCCC1C. The molecule has 0 bridgehead atoms. The van der Waals surface area contributed by atoms with Gasteiger partial charge < -0.3 is 10.1 Å². The van der Waals surface area contributed by atoms with Crippen molar-refractivity contribution in [1.29, 1.82) is 0 Å². The Hall–Kier alpha value is -0.570. The van der Waals surface area contributed by atoms with Gasteiger partial charge in [0.25, 0.3) is 0 Å². The van der Waals surface area contributed by atoms with E-state index in [4.69, 9.17) is 0 Å². The predicted molar refractivity (Wildman–Crippen MR) is 65.2 cm³/mol.